The molecule has 8 heteroatoms. The van der Waals surface area contributed by atoms with Crippen molar-refractivity contribution >= 4 is 87.4 Å². The summed E-state index contributed by atoms with van der Waals surface area (Å²) in [7, 11) is 0. The van der Waals surface area contributed by atoms with E-state index in [9.17, 15) is 5.26 Å². The number of furan rings is 1. The van der Waals surface area contributed by atoms with Crippen LogP contribution in [-0.4, -0.2) is 28.7 Å². The zero-order valence-corrected chi connectivity index (χ0v) is 35.1. The molecule has 0 spiro atoms. The fraction of sp³-hybridized carbons (Fsp3) is 0. The van der Waals surface area contributed by atoms with E-state index >= 15 is 0 Å². The monoisotopic (exact) mass is 843 g/mol. The van der Waals surface area contributed by atoms with Crippen molar-refractivity contribution in [2.24, 2.45) is 0 Å². The summed E-state index contributed by atoms with van der Waals surface area (Å²) >= 11 is 0. The van der Waals surface area contributed by atoms with Crippen LogP contribution < -0.4 is 0 Å². The molecule has 0 aliphatic carbocycles. The van der Waals surface area contributed by atoms with Gasteiger partial charge in [0.2, 0.25) is 5.95 Å². The first-order valence-electron chi connectivity index (χ1n) is 21.9. The van der Waals surface area contributed by atoms with Gasteiger partial charge in [0.1, 0.15) is 17.2 Å². The van der Waals surface area contributed by atoms with Gasteiger partial charge in [-0.1, -0.05) is 121 Å². The molecule has 306 valence electrons. The summed E-state index contributed by atoms with van der Waals surface area (Å²) in [5.41, 5.74) is 11.7. The quantitative estimate of drug-likeness (QED) is 0.172. The number of nitrogens with zero attached hydrogens (tertiary/aromatic N) is 7. The van der Waals surface area contributed by atoms with Gasteiger partial charge in [-0.25, -0.2) is 4.98 Å². The molecule has 0 aliphatic heterocycles. The summed E-state index contributed by atoms with van der Waals surface area (Å²) in [4.78, 5) is 15.3. The van der Waals surface area contributed by atoms with Crippen molar-refractivity contribution < 1.29 is 4.42 Å². The minimum absolute atomic E-state index is 0.469. The first kappa shape index (κ1) is 36.2. The number of hydrogen-bond donors (Lipinski definition) is 0. The summed E-state index contributed by atoms with van der Waals surface area (Å²) in [5.74, 6) is 1.51. The molecular weight excluding hydrogens is 811 g/mol. The Morgan fingerprint density at radius 1 is 0.379 bits per heavy atom. The number of fused-ring (bicyclic) bond motifs is 14. The van der Waals surface area contributed by atoms with E-state index in [1.807, 2.05) is 60.7 Å². The maximum Gasteiger partial charge on any atom is 0.238 e. The molecule has 0 fully saturated rings. The van der Waals surface area contributed by atoms with Crippen LogP contribution in [0.5, 0.6) is 0 Å². The molecule has 0 saturated heterocycles. The number of para-hydroxylation sites is 5. The van der Waals surface area contributed by atoms with E-state index in [2.05, 4.69) is 159 Å². The first-order valence-corrected chi connectivity index (χ1v) is 21.9. The minimum Gasteiger partial charge on any atom is -0.456 e. The van der Waals surface area contributed by atoms with Crippen LogP contribution >= 0.6 is 0 Å². The van der Waals surface area contributed by atoms with Crippen molar-refractivity contribution in [3.05, 3.63) is 206 Å². The third-order valence-electron chi connectivity index (χ3n) is 13.1. The number of rotatable bonds is 5. The Bertz CT molecular complexity index is 4310. The highest BCUT2D eigenvalue weighted by Gasteiger charge is 2.25. The molecule has 9 aromatic carbocycles. The molecule has 0 amide bonds. The molecule has 66 heavy (non-hydrogen) atoms. The largest absolute Gasteiger partial charge is 0.456 e. The molecule has 14 rings (SSSR count). The molecule has 0 saturated carbocycles. The molecule has 5 aromatic heterocycles. The van der Waals surface area contributed by atoms with Crippen molar-refractivity contribution in [3.8, 4) is 46.2 Å². The van der Waals surface area contributed by atoms with Gasteiger partial charge in [0.15, 0.2) is 11.6 Å². The molecule has 5 heterocycles. The SMILES string of the molecule is N#Cc1cc(-c2nc(-c3ccccc3)nc(-n3c4ccccc4c4ccccc43)n2)ccc1-n1c2ccccc2c2c3c(ccc21)oc1ccc2c(c4ccccc4n2-c2ccccc2)c13. The molecule has 14 aromatic rings. The summed E-state index contributed by atoms with van der Waals surface area (Å²) in [6.45, 7) is 0. The summed E-state index contributed by atoms with van der Waals surface area (Å²) in [5, 5.41) is 19.8. The Morgan fingerprint density at radius 2 is 0.864 bits per heavy atom. The van der Waals surface area contributed by atoms with Gasteiger partial charge in [-0.2, -0.15) is 15.2 Å². The summed E-state index contributed by atoms with van der Waals surface area (Å²) in [6.07, 6.45) is 0. The smallest absolute Gasteiger partial charge is 0.238 e. The van der Waals surface area contributed by atoms with E-state index in [4.69, 9.17) is 19.4 Å². The maximum atomic E-state index is 11.1. The lowest BCUT2D eigenvalue weighted by Gasteiger charge is -2.13. The normalized spacial score (nSPS) is 11.9. The van der Waals surface area contributed by atoms with Crippen molar-refractivity contribution in [1.29, 1.82) is 5.26 Å². The van der Waals surface area contributed by atoms with Crippen molar-refractivity contribution in [3.63, 3.8) is 0 Å². The number of nitriles is 1. The molecule has 8 nitrogen and oxygen atoms in total. The molecule has 0 radical (unpaired) electrons. The molecule has 0 unspecified atom stereocenters. The van der Waals surface area contributed by atoms with E-state index < -0.39 is 0 Å². The van der Waals surface area contributed by atoms with Gasteiger partial charge < -0.3 is 13.6 Å². The van der Waals surface area contributed by atoms with E-state index in [0.29, 0.717) is 28.7 Å². The topological polar surface area (TPSA) is 90.4 Å². The predicted octanol–water partition coefficient (Wildman–Crippen LogP) is 14.3. The van der Waals surface area contributed by atoms with Crippen LogP contribution in [0, 0.1) is 11.3 Å². The highest BCUT2D eigenvalue weighted by Crippen LogP contribution is 2.46. The fourth-order valence-corrected chi connectivity index (χ4v) is 10.4. The van der Waals surface area contributed by atoms with Crippen LogP contribution in [0.4, 0.5) is 0 Å². The highest BCUT2D eigenvalue weighted by atomic mass is 16.3. The van der Waals surface area contributed by atoms with Crippen LogP contribution in [-0.2, 0) is 0 Å². The minimum atomic E-state index is 0.469. The Hall–Kier alpha value is -9.32. The second kappa shape index (κ2) is 13.8. The Morgan fingerprint density at radius 3 is 1.45 bits per heavy atom. The lowest BCUT2D eigenvalue weighted by Crippen LogP contribution is -2.06. The van der Waals surface area contributed by atoms with E-state index in [1.165, 1.54) is 0 Å². The Kier molecular flexibility index (Phi) is 7.59. The number of hydrogen-bond acceptors (Lipinski definition) is 5. The van der Waals surface area contributed by atoms with E-state index in [-0.39, 0.29) is 0 Å². The predicted molar refractivity (Wildman–Crippen MR) is 266 cm³/mol. The van der Waals surface area contributed by atoms with Crippen molar-refractivity contribution in [2.75, 3.05) is 0 Å². The molecule has 0 aliphatic rings. The molecule has 0 N–H and O–H groups in total. The molecule has 0 atom stereocenters. The maximum absolute atomic E-state index is 11.1. The molecular formula is C58H33N7O. The van der Waals surface area contributed by atoms with Crippen LogP contribution in [0.15, 0.2) is 205 Å². The standard InChI is InChI=1S/C58H33N7O/c59-34-37-33-36(57-60-56(35-15-3-1-4-16-35)61-58(62-57)65-44-23-11-7-19-39(44)40-20-8-12-24-45(40)65)27-28-43(37)64-47-26-14-10-22-42(47)53-49(64)30-32-51-55(53)54-50(66-51)31-29-48-52(54)41-21-9-13-25-46(41)63(48)38-17-5-2-6-18-38/h1-33H. The van der Waals surface area contributed by atoms with Crippen molar-refractivity contribution in [1.82, 2.24) is 28.7 Å². The van der Waals surface area contributed by atoms with Crippen LogP contribution in [0.25, 0.3) is 127 Å². The average Bonchev–Trinajstić information content (AvgIpc) is 4.13. The number of aromatic nitrogens is 6. The van der Waals surface area contributed by atoms with Crippen molar-refractivity contribution in [2.45, 2.75) is 0 Å². The van der Waals surface area contributed by atoms with Gasteiger partial charge in [-0.3, -0.25) is 4.57 Å². The van der Waals surface area contributed by atoms with Gasteiger partial charge in [0, 0.05) is 59.9 Å². The van der Waals surface area contributed by atoms with Crippen LogP contribution in [0.1, 0.15) is 5.56 Å². The summed E-state index contributed by atoms with van der Waals surface area (Å²) in [6, 6.07) is 71.2. The first-order chi connectivity index (χ1) is 32.7. The Labute approximate surface area is 376 Å². The van der Waals surface area contributed by atoms with E-state index in [1.54, 1.807) is 0 Å². The zero-order valence-electron chi connectivity index (χ0n) is 35.1. The summed E-state index contributed by atoms with van der Waals surface area (Å²) < 4.78 is 13.4. The Balaban J connectivity index is 1.00. The highest BCUT2D eigenvalue weighted by molar-refractivity contribution is 6.35. The second-order valence-corrected chi connectivity index (χ2v) is 16.7. The van der Waals surface area contributed by atoms with Crippen LogP contribution in [0.3, 0.4) is 0 Å². The molecule has 0 bridgehead atoms. The van der Waals surface area contributed by atoms with E-state index in [0.717, 1.165) is 104 Å². The van der Waals surface area contributed by atoms with Gasteiger partial charge in [-0.15, -0.1) is 0 Å². The van der Waals surface area contributed by atoms with Gasteiger partial charge in [-0.05, 0) is 78.9 Å². The second-order valence-electron chi connectivity index (χ2n) is 16.7. The number of benzene rings is 9. The third-order valence-corrected chi connectivity index (χ3v) is 13.1. The van der Waals surface area contributed by atoms with Gasteiger partial charge >= 0.3 is 0 Å². The lowest BCUT2D eigenvalue weighted by molar-refractivity contribution is 0.669. The average molecular weight is 844 g/mol. The lowest BCUT2D eigenvalue weighted by atomic mass is 10.0. The third kappa shape index (κ3) is 5.11. The zero-order chi connectivity index (χ0) is 43.5. The van der Waals surface area contributed by atoms with Gasteiger partial charge in [0.25, 0.3) is 0 Å². The fourth-order valence-electron chi connectivity index (χ4n) is 10.4. The van der Waals surface area contributed by atoms with Gasteiger partial charge in [0.05, 0.1) is 44.4 Å². The van der Waals surface area contributed by atoms with Crippen LogP contribution in [0.2, 0.25) is 0 Å².